The summed E-state index contributed by atoms with van der Waals surface area (Å²) in [5, 5.41) is 0.971. The van der Waals surface area contributed by atoms with Crippen LogP contribution in [0.15, 0.2) is 84.0 Å². The van der Waals surface area contributed by atoms with Crippen LogP contribution in [0.1, 0.15) is 28.5 Å². The number of amides is 1. The molecule has 0 saturated carbocycles. The summed E-state index contributed by atoms with van der Waals surface area (Å²) in [5.41, 5.74) is 0.945. The fraction of sp³-hybridized carbons (Fsp3) is 0.300. The van der Waals surface area contributed by atoms with Gasteiger partial charge in [0.05, 0.1) is 11.3 Å². The molecule has 0 spiro atoms. The summed E-state index contributed by atoms with van der Waals surface area (Å²) in [5.74, 6) is -1.56. The quantitative estimate of drug-likeness (QED) is 0.314. The van der Waals surface area contributed by atoms with Gasteiger partial charge in [0.1, 0.15) is 26.7 Å². The normalized spacial score (nSPS) is 17.8. The first kappa shape index (κ1) is 32.2. The van der Waals surface area contributed by atoms with Gasteiger partial charge >= 0.3 is 0 Å². The van der Waals surface area contributed by atoms with E-state index in [0.29, 0.717) is 47.4 Å². The molecule has 44 heavy (non-hydrogen) atoms. The van der Waals surface area contributed by atoms with Crippen LogP contribution in [0.25, 0.3) is 0 Å². The Hall–Kier alpha value is -3.16. The molecule has 2 heterocycles. The van der Waals surface area contributed by atoms with Crippen LogP contribution in [0, 0.1) is 5.82 Å². The van der Waals surface area contributed by atoms with Crippen molar-refractivity contribution in [3.05, 3.63) is 106 Å². The second kappa shape index (κ2) is 13.1. The van der Waals surface area contributed by atoms with Crippen LogP contribution in [0.2, 0.25) is 10.0 Å². The Balaban J connectivity index is 1.43. The van der Waals surface area contributed by atoms with Crippen molar-refractivity contribution >= 4 is 54.7 Å². The van der Waals surface area contributed by atoms with Crippen molar-refractivity contribution in [3.63, 3.8) is 0 Å². The lowest BCUT2D eigenvalue weighted by molar-refractivity contribution is 0.0633. The summed E-state index contributed by atoms with van der Waals surface area (Å²) in [6.07, 6.45) is 3.64. The molecule has 14 heteroatoms. The molecule has 1 unspecified atom stereocenters. The zero-order valence-corrected chi connectivity index (χ0v) is 27.0. The Labute approximate surface area is 267 Å². The van der Waals surface area contributed by atoms with E-state index in [1.54, 1.807) is 59.6 Å². The zero-order valence-electron chi connectivity index (χ0n) is 23.8. The molecule has 1 fully saturated rings. The summed E-state index contributed by atoms with van der Waals surface area (Å²) < 4.78 is 68.2. The van der Waals surface area contributed by atoms with Gasteiger partial charge in [0.2, 0.25) is 0 Å². The largest absolute Gasteiger partial charge is 0.336 e. The lowest BCUT2D eigenvalue weighted by Gasteiger charge is -2.35. The first-order valence-electron chi connectivity index (χ1n) is 13.8. The summed E-state index contributed by atoms with van der Waals surface area (Å²) in [4.78, 5) is 18.3. The lowest BCUT2D eigenvalue weighted by Crippen LogP contribution is -2.49. The van der Waals surface area contributed by atoms with Crippen molar-refractivity contribution in [1.82, 2.24) is 14.1 Å². The van der Waals surface area contributed by atoms with Crippen molar-refractivity contribution < 1.29 is 26.0 Å². The third-order valence-corrected chi connectivity index (χ3v) is 10.9. The monoisotopic (exact) mass is 680 g/mol. The summed E-state index contributed by atoms with van der Waals surface area (Å²) >= 11 is 12.2. The highest BCUT2D eigenvalue weighted by Gasteiger charge is 2.41. The second-order valence-electron chi connectivity index (χ2n) is 10.7. The molecule has 0 aliphatic carbocycles. The van der Waals surface area contributed by atoms with Gasteiger partial charge in [-0.2, -0.15) is 0 Å². The molecule has 1 saturated heterocycles. The van der Waals surface area contributed by atoms with Gasteiger partial charge in [-0.25, -0.2) is 25.5 Å². The number of sulfone groups is 1. The van der Waals surface area contributed by atoms with E-state index >= 15 is 4.39 Å². The van der Waals surface area contributed by atoms with Crippen molar-refractivity contribution in [1.29, 1.82) is 0 Å². The van der Waals surface area contributed by atoms with Crippen LogP contribution in [-0.4, -0.2) is 81.6 Å². The molecule has 9 nitrogen and oxygen atoms in total. The molecule has 0 bridgehead atoms. The van der Waals surface area contributed by atoms with E-state index in [1.807, 2.05) is 0 Å². The molecule has 3 aromatic carbocycles. The molecule has 5 rings (SSSR count). The third kappa shape index (κ3) is 7.05. The minimum Gasteiger partial charge on any atom is -0.336 e. The molecular formula is C30H31Cl2FN4O5S2. The van der Waals surface area contributed by atoms with E-state index in [1.165, 1.54) is 29.5 Å². The summed E-state index contributed by atoms with van der Waals surface area (Å²) in [7, 11) is -7.69. The van der Waals surface area contributed by atoms with E-state index in [0.717, 1.165) is 10.4 Å². The highest BCUT2D eigenvalue weighted by Crippen LogP contribution is 2.40. The van der Waals surface area contributed by atoms with E-state index in [2.05, 4.69) is 4.90 Å². The number of hydrogen-bond donors (Lipinski definition) is 0. The fourth-order valence-electron chi connectivity index (χ4n) is 5.36. The van der Waals surface area contributed by atoms with Gasteiger partial charge in [0, 0.05) is 60.6 Å². The Morgan fingerprint density at radius 3 is 2.09 bits per heavy atom. The number of carbonyl (C=O) groups is 1. The predicted molar refractivity (Wildman–Crippen MR) is 169 cm³/mol. The Morgan fingerprint density at radius 2 is 1.48 bits per heavy atom. The van der Waals surface area contributed by atoms with Gasteiger partial charge in [0.25, 0.3) is 15.9 Å². The van der Waals surface area contributed by atoms with Crippen LogP contribution in [0.4, 0.5) is 10.1 Å². The van der Waals surface area contributed by atoms with Crippen molar-refractivity contribution in [2.45, 2.75) is 17.5 Å². The first-order valence-corrected chi connectivity index (χ1v) is 18.1. The first-order chi connectivity index (χ1) is 20.8. The molecule has 0 aromatic heterocycles. The molecule has 1 amide bonds. The number of benzene rings is 3. The average Bonchev–Trinajstić information content (AvgIpc) is 3.43. The van der Waals surface area contributed by atoms with Gasteiger partial charge in [-0.05, 0) is 67.1 Å². The number of sulfonamides is 1. The number of hydrogen-bond acceptors (Lipinski definition) is 7. The molecule has 234 valence electrons. The fourth-order valence-corrected chi connectivity index (χ4v) is 7.92. The SMILES string of the molecule is CS(=O)(=O)CCCN1CCN(C(=O)c2cccc(F)c2S(=O)(=O)N2C=CN(c3ccc(Cl)cc3)C2c2ccc(Cl)cc2)CC1. The average molecular weight is 682 g/mol. The molecule has 2 aliphatic heterocycles. The lowest BCUT2D eigenvalue weighted by atomic mass is 10.1. The van der Waals surface area contributed by atoms with Crippen LogP contribution < -0.4 is 4.90 Å². The Bertz CT molecular complexity index is 1760. The highest BCUT2D eigenvalue weighted by molar-refractivity contribution is 7.90. The highest BCUT2D eigenvalue weighted by atomic mass is 35.5. The maximum absolute atomic E-state index is 15.6. The van der Waals surface area contributed by atoms with Crippen LogP contribution >= 0.6 is 23.2 Å². The van der Waals surface area contributed by atoms with Crippen LogP contribution in [0.3, 0.4) is 0 Å². The Morgan fingerprint density at radius 1 is 0.864 bits per heavy atom. The maximum Gasteiger partial charge on any atom is 0.269 e. The van der Waals surface area contributed by atoms with Crippen LogP contribution in [0.5, 0.6) is 0 Å². The minimum absolute atomic E-state index is 0.0774. The van der Waals surface area contributed by atoms with Crippen molar-refractivity contribution in [2.75, 3.05) is 49.6 Å². The van der Waals surface area contributed by atoms with E-state index < -0.39 is 42.6 Å². The molecule has 1 atom stereocenters. The number of halogens is 3. The molecular weight excluding hydrogens is 650 g/mol. The van der Waals surface area contributed by atoms with Gasteiger partial charge < -0.3 is 9.80 Å². The molecule has 0 radical (unpaired) electrons. The number of nitrogens with zero attached hydrogens (tertiary/aromatic N) is 4. The topological polar surface area (TPSA) is 98.3 Å². The van der Waals surface area contributed by atoms with Crippen molar-refractivity contribution in [3.8, 4) is 0 Å². The molecule has 3 aromatic rings. The van der Waals surface area contributed by atoms with Crippen LogP contribution in [-0.2, 0) is 19.9 Å². The smallest absolute Gasteiger partial charge is 0.269 e. The molecule has 0 N–H and O–H groups in total. The summed E-state index contributed by atoms with van der Waals surface area (Å²) in [6.45, 7) is 2.10. The number of anilines is 1. The molecule has 2 aliphatic rings. The summed E-state index contributed by atoms with van der Waals surface area (Å²) in [6, 6.07) is 17.2. The van der Waals surface area contributed by atoms with E-state index in [9.17, 15) is 21.6 Å². The third-order valence-electron chi connectivity index (χ3n) is 7.55. The maximum atomic E-state index is 15.6. The standard InChI is InChI=1S/C30H31Cl2FN4O5S2/c1-43(39,40)21-3-14-34-15-17-35(18-16-34)30(38)26-4-2-5-27(33)28(26)44(41,42)37-20-19-36(25-12-10-24(32)11-13-25)29(37)22-6-8-23(31)9-7-22/h2,4-13,19-20,29H,3,14-18,21H2,1H3. The number of carbonyl (C=O) groups excluding carboxylic acids is 1. The van der Waals surface area contributed by atoms with Gasteiger partial charge in [-0.3, -0.25) is 9.69 Å². The van der Waals surface area contributed by atoms with Gasteiger partial charge in [-0.15, -0.1) is 0 Å². The van der Waals surface area contributed by atoms with Gasteiger partial charge in [0.15, 0.2) is 0 Å². The minimum atomic E-state index is -4.62. The number of piperazine rings is 1. The van der Waals surface area contributed by atoms with E-state index in [4.69, 9.17) is 23.2 Å². The zero-order chi connectivity index (χ0) is 31.6. The number of rotatable bonds is 9. The van der Waals surface area contributed by atoms with E-state index in [-0.39, 0.29) is 24.4 Å². The predicted octanol–water partition coefficient (Wildman–Crippen LogP) is 5.01. The Kier molecular flexibility index (Phi) is 9.57. The van der Waals surface area contributed by atoms with Gasteiger partial charge in [-0.1, -0.05) is 41.4 Å². The second-order valence-corrected chi connectivity index (χ2v) is 15.6. The van der Waals surface area contributed by atoms with Crippen molar-refractivity contribution in [2.24, 2.45) is 0 Å².